The summed E-state index contributed by atoms with van der Waals surface area (Å²) in [5.74, 6) is 1.71. The zero-order valence-electron chi connectivity index (χ0n) is 11.9. The Morgan fingerprint density at radius 3 is 2.53 bits per heavy atom. The fourth-order valence-electron chi connectivity index (χ4n) is 2.93. The molecule has 2 rings (SSSR count). The molecule has 0 bridgehead atoms. The third kappa shape index (κ3) is 6.29. The Kier molecular flexibility index (Phi) is 8.77. The molecule has 1 aliphatic carbocycles. The van der Waals surface area contributed by atoms with Crippen molar-refractivity contribution in [1.82, 2.24) is 4.90 Å². The average molecular weight is 381 g/mol. The minimum Gasteiger partial charge on any atom is -0.378 e. The molecule has 0 radical (unpaired) electrons. The van der Waals surface area contributed by atoms with Crippen molar-refractivity contribution < 1.29 is 4.74 Å². The van der Waals surface area contributed by atoms with E-state index in [1.807, 2.05) is 0 Å². The van der Waals surface area contributed by atoms with Crippen molar-refractivity contribution in [3.63, 3.8) is 0 Å². The van der Waals surface area contributed by atoms with E-state index in [4.69, 9.17) is 10.5 Å². The predicted molar refractivity (Wildman–Crippen MR) is 90.1 cm³/mol. The van der Waals surface area contributed by atoms with Crippen molar-refractivity contribution in [1.29, 1.82) is 0 Å². The highest BCUT2D eigenvalue weighted by Crippen LogP contribution is 2.28. The Balaban J connectivity index is 0.00000180. The van der Waals surface area contributed by atoms with Gasteiger partial charge >= 0.3 is 0 Å². The minimum atomic E-state index is 0. The van der Waals surface area contributed by atoms with Crippen LogP contribution in [0.2, 0.25) is 0 Å². The molecule has 19 heavy (non-hydrogen) atoms. The van der Waals surface area contributed by atoms with E-state index in [-0.39, 0.29) is 24.0 Å². The number of nitrogens with zero attached hydrogens (tertiary/aromatic N) is 2. The molecule has 1 aliphatic heterocycles. The summed E-state index contributed by atoms with van der Waals surface area (Å²) >= 11 is 0. The largest absolute Gasteiger partial charge is 0.378 e. The third-order valence-corrected chi connectivity index (χ3v) is 4.10. The van der Waals surface area contributed by atoms with Crippen molar-refractivity contribution >= 4 is 29.9 Å². The lowest BCUT2D eigenvalue weighted by molar-refractivity contribution is 0.0674. The lowest BCUT2D eigenvalue weighted by atomic mass is 10.0. The molecule has 0 aromatic carbocycles. The summed E-state index contributed by atoms with van der Waals surface area (Å²) in [5.41, 5.74) is 5.97. The Labute approximate surface area is 134 Å². The molecular formula is C14H28IN3O. The van der Waals surface area contributed by atoms with Crippen LogP contribution in [0, 0.1) is 5.92 Å². The molecule has 1 saturated heterocycles. The quantitative estimate of drug-likeness (QED) is 0.345. The second-order valence-corrected chi connectivity index (χ2v) is 5.49. The molecule has 1 saturated carbocycles. The lowest BCUT2D eigenvalue weighted by Gasteiger charge is -2.27. The van der Waals surface area contributed by atoms with Gasteiger partial charge in [-0.05, 0) is 12.3 Å². The van der Waals surface area contributed by atoms with E-state index in [9.17, 15) is 0 Å². The maximum Gasteiger partial charge on any atom is 0.191 e. The number of rotatable bonds is 5. The van der Waals surface area contributed by atoms with E-state index >= 15 is 0 Å². The van der Waals surface area contributed by atoms with Crippen LogP contribution in [0.1, 0.15) is 44.9 Å². The smallest absolute Gasteiger partial charge is 0.191 e. The molecule has 112 valence electrons. The Hall–Kier alpha value is -0.0400. The summed E-state index contributed by atoms with van der Waals surface area (Å²) in [6, 6.07) is 0. The normalized spacial score (nSPS) is 21.5. The van der Waals surface area contributed by atoms with Crippen LogP contribution in [-0.4, -0.2) is 43.7 Å². The summed E-state index contributed by atoms with van der Waals surface area (Å²) in [6.07, 6.45) is 9.71. The van der Waals surface area contributed by atoms with Crippen LogP contribution in [0.4, 0.5) is 0 Å². The topological polar surface area (TPSA) is 50.8 Å². The van der Waals surface area contributed by atoms with Crippen LogP contribution < -0.4 is 5.73 Å². The van der Waals surface area contributed by atoms with E-state index in [1.165, 1.54) is 44.9 Å². The second-order valence-electron chi connectivity index (χ2n) is 5.49. The molecule has 5 heteroatoms. The van der Waals surface area contributed by atoms with Gasteiger partial charge in [-0.1, -0.05) is 38.5 Å². The van der Waals surface area contributed by atoms with Crippen LogP contribution in [0.5, 0.6) is 0 Å². The maximum absolute atomic E-state index is 5.97. The molecule has 0 atom stereocenters. The zero-order chi connectivity index (χ0) is 12.6. The first-order chi connectivity index (χ1) is 8.86. The van der Waals surface area contributed by atoms with E-state index in [0.29, 0.717) is 5.96 Å². The number of hydrogen-bond donors (Lipinski definition) is 1. The standard InChI is InChI=1S/C14H27N3O.HI/c15-14(17-9-11-18-12-10-17)16-8-4-3-7-13-5-1-2-6-13;/h13H,1-12H2,(H2,15,16);1H. The van der Waals surface area contributed by atoms with E-state index < -0.39 is 0 Å². The molecule has 0 unspecified atom stereocenters. The molecule has 0 spiro atoms. The van der Waals surface area contributed by atoms with Gasteiger partial charge in [-0.2, -0.15) is 0 Å². The fourth-order valence-corrected chi connectivity index (χ4v) is 2.93. The minimum absolute atomic E-state index is 0. The summed E-state index contributed by atoms with van der Waals surface area (Å²) in [6.45, 7) is 4.21. The van der Waals surface area contributed by atoms with Crippen molar-refractivity contribution in [2.45, 2.75) is 44.9 Å². The van der Waals surface area contributed by atoms with Crippen molar-refractivity contribution in [2.24, 2.45) is 16.6 Å². The van der Waals surface area contributed by atoms with E-state index in [0.717, 1.165) is 38.8 Å². The fraction of sp³-hybridized carbons (Fsp3) is 0.929. The van der Waals surface area contributed by atoms with Gasteiger partial charge in [-0.25, -0.2) is 0 Å². The molecule has 4 nitrogen and oxygen atoms in total. The summed E-state index contributed by atoms with van der Waals surface area (Å²) < 4.78 is 5.30. The van der Waals surface area contributed by atoms with Crippen molar-refractivity contribution in [3.05, 3.63) is 0 Å². The van der Waals surface area contributed by atoms with Crippen LogP contribution in [0.15, 0.2) is 4.99 Å². The Bertz CT molecular complexity index is 261. The van der Waals surface area contributed by atoms with Gasteiger partial charge in [0.2, 0.25) is 0 Å². The first kappa shape index (κ1) is 17.0. The molecule has 0 aromatic heterocycles. The van der Waals surface area contributed by atoms with Gasteiger partial charge < -0.3 is 15.4 Å². The zero-order valence-corrected chi connectivity index (χ0v) is 14.2. The highest BCUT2D eigenvalue weighted by Gasteiger charge is 2.14. The van der Waals surface area contributed by atoms with E-state index in [1.54, 1.807) is 0 Å². The first-order valence-corrected chi connectivity index (χ1v) is 7.49. The van der Waals surface area contributed by atoms with Gasteiger partial charge in [0.05, 0.1) is 13.2 Å². The summed E-state index contributed by atoms with van der Waals surface area (Å²) in [7, 11) is 0. The maximum atomic E-state index is 5.97. The number of hydrogen-bond acceptors (Lipinski definition) is 2. The van der Waals surface area contributed by atoms with Gasteiger partial charge in [-0.3, -0.25) is 4.99 Å². The van der Waals surface area contributed by atoms with Crippen LogP contribution in [0.25, 0.3) is 0 Å². The molecule has 2 fully saturated rings. The lowest BCUT2D eigenvalue weighted by Crippen LogP contribution is -2.44. The molecule has 2 N–H and O–H groups in total. The SMILES string of the molecule is I.NC(=NCCCCC1CCCC1)N1CCOCC1. The van der Waals surface area contributed by atoms with E-state index in [2.05, 4.69) is 9.89 Å². The predicted octanol–water partition coefficient (Wildman–Crippen LogP) is 2.61. The number of halogens is 1. The number of ether oxygens (including phenoxy) is 1. The molecule has 0 amide bonds. The van der Waals surface area contributed by atoms with Crippen LogP contribution in [0.3, 0.4) is 0 Å². The van der Waals surface area contributed by atoms with Crippen LogP contribution >= 0.6 is 24.0 Å². The summed E-state index contributed by atoms with van der Waals surface area (Å²) in [4.78, 5) is 6.60. The van der Waals surface area contributed by atoms with Crippen LogP contribution in [-0.2, 0) is 4.74 Å². The Morgan fingerprint density at radius 1 is 1.16 bits per heavy atom. The van der Waals surface area contributed by atoms with Gasteiger partial charge in [0, 0.05) is 19.6 Å². The number of nitrogens with two attached hydrogens (primary N) is 1. The molecule has 1 heterocycles. The number of guanidine groups is 1. The highest BCUT2D eigenvalue weighted by atomic mass is 127. The van der Waals surface area contributed by atoms with Gasteiger partial charge in [0.25, 0.3) is 0 Å². The van der Waals surface area contributed by atoms with Gasteiger partial charge in [-0.15, -0.1) is 24.0 Å². The monoisotopic (exact) mass is 381 g/mol. The first-order valence-electron chi connectivity index (χ1n) is 7.49. The van der Waals surface area contributed by atoms with Gasteiger partial charge in [0.15, 0.2) is 5.96 Å². The number of morpholine rings is 1. The molecular weight excluding hydrogens is 353 g/mol. The summed E-state index contributed by atoms with van der Waals surface area (Å²) in [5, 5.41) is 0. The molecule has 0 aromatic rings. The average Bonchev–Trinajstić information content (AvgIpc) is 2.92. The number of aliphatic imine (C=N–C) groups is 1. The van der Waals surface area contributed by atoms with Crippen molar-refractivity contribution in [2.75, 3.05) is 32.8 Å². The second kappa shape index (κ2) is 9.80. The van der Waals surface area contributed by atoms with Gasteiger partial charge in [0.1, 0.15) is 0 Å². The number of unbranched alkanes of at least 4 members (excludes halogenated alkanes) is 1. The third-order valence-electron chi connectivity index (χ3n) is 4.10. The Morgan fingerprint density at radius 2 is 1.84 bits per heavy atom. The van der Waals surface area contributed by atoms with Crippen molar-refractivity contribution in [3.8, 4) is 0 Å². The highest BCUT2D eigenvalue weighted by molar-refractivity contribution is 14.0. The molecule has 2 aliphatic rings.